The number of carbonyl (C=O) groups excluding carboxylic acids is 2. The zero-order valence-corrected chi connectivity index (χ0v) is 25.0. The third-order valence-electron chi connectivity index (χ3n) is 7.56. The number of amides is 2. The van der Waals surface area contributed by atoms with E-state index in [2.05, 4.69) is 5.32 Å². The largest absolute Gasteiger partial charge is 0.495 e. The Balaban J connectivity index is 1.73. The van der Waals surface area contributed by atoms with Crippen molar-refractivity contribution >= 4 is 27.5 Å². The van der Waals surface area contributed by atoms with Crippen molar-refractivity contribution in [1.82, 2.24) is 10.2 Å². The summed E-state index contributed by atoms with van der Waals surface area (Å²) in [7, 11) is -2.72. The molecular formula is C32H39N3O5S. The molecule has 0 aliphatic heterocycles. The topological polar surface area (TPSA) is 96.0 Å². The molecule has 0 heterocycles. The van der Waals surface area contributed by atoms with Crippen LogP contribution in [0.4, 0.5) is 5.69 Å². The Labute approximate surface area is 243 Å². The number of nitrogens with one attached hydrogen (secondary N) is 1. The van der Waals surface area contributed by atoms with Gasteiger partial charge in [0, 0.05) is 12.6 Å². The highest BCUT2D eigenvalue weighted by atomic mass is 32.2. The predicted octanol–water partition coefficient (Wildman–Crippen LogP) is 4.98. The van der Waals surface area contributed by atoms with Gasteiger partial charge in [-0.1, -0.05) is 66.9 Å². The van der Waals surface area contributed by atoms with Crippen LogP contribution in [0.2, 0.25) is 0 Å². The van der Waals surface area contributed by atoms with Gasteiger partial charge in [0.1, 0.15) is 18.3 Å². The van der Waals surface area contributed by atoms with Gasteiger partial charge in [0.15, 0.2) is 0 Å². The van der Waals surface area contributed by atoms with Gasteiger partial charge in [-0.2, -0.15) is 0 Å². The van der Waals surface area contributed by atoms with E-state index in [1.165, 1.54) is 24.1 Å². The first kappa shape index (κ1) is 30.1. The number of hydrogen-bond acceptors (Lipinski definition) is 5. The van der Waals surface area contributed by atoms with Crippen LogP contribution in [-0.4, -0.2) is 50.9 Å². The highest BCUT2D eigenvalue weighted by Gasteiger charge is 2.34. The fraction of sp³-hybridized carbons (Fsp3) is 0.375. The van der Waals surface area contributed by atoms with Crippen molar-refractivity contribution in [2.24, 2.45) is 0 Å². The highest BCUT2D eigenvalue weighted by molar-refractivity contribution is 7.92. The van der Waals surface area contributed by atoms with Gasteiger partial charge in [-0.15, -0.1) is 0 Å². The van der Waals surface area contributed by atoms with E-state index in [-0.39, 0.29) is 29.1 Å². The molecule has 3 aromatic carbocycles. The molecule has 0 radical (unpaired) electrons. The zero-order valence-electron chi connectivity index (χ0n) is 24.2. The number of hydrogen-bond donors (Lipinski definition) is 1. The average molecular weight is 578 g/mol. The fourth-order valence-corrected chi connectivity index (χ4v) is 6.52. The van der Waals surface area contributed by atoms with Crippen molar-refractivity contribution in [3.8, 4) is 5.75 Å². The lowest BCUT2D eigenvalue weighted by Crippen LogP contribution is -2.52. The molecule has 0 aromatic heterocycles. The van der Waals surface area contributed by atoms with E-state index < -0.39 is 28.5 Å². The summed E-state index contributed by atoms with van der Waals surface area (Å²) in [5.74, 6) is -0.426. The second kappa shape index (κ2) is 13.2. The van der Waals surface area contributed by atoms with E-state index in [4.69, 9.17) is 4.74 Å². The summed E-state index contributed by atoms with van der Waals surface area (Å²) < 4.78 is 34.8. The van der Waals surface area contributed by atoms with Gasteiger partial charge in [0.05, 0.1) is 17.7 Å². The Morgan fingerprint density at radius 2 is 1.59 bits per heavy atom. The second-order valence-corrected chi connectivity index (χ2v) is 12.5. The van der Waals surface area contributed by atoms with Crippen molar-refractivity contribution < 1.29 is 22.7 Å². The molecule has 1 atom stereocenters. The standard InChI is InChI=1S/C32H39N3O5S/c1-23-14-17-28(18-15-23)41(38,39)35(29-20-24(2)16-19-30(29)40-4)22-31(36)34(21-26-10-6-5-7-11-26)25(3)32(37)33-27-12-8-9-13-27/h5-7,10-11,14-20,25,27H,8-9,12-13,21-22H2,1-4H3,(H,33,37)/t25-/m0/s1. The van der Waals surface area contributed by atoms with Gasteiger partial charge in [0.2, 0.25) is 11.8 Å². The molecule has 218 valence electrons. The molecule has 3 aromatic rings. The Hall–Kier alpha value is -3.85. The van der Waals surface area contributed by atoms with E-state index in [0.717, 1.165) is 46.7 Å². The van der Waals surface area contributed by atoms with E-state index in [9.17, 15) is 18.0 Å². The van der Waals surface area contributed by atoms with Crippen molar-refractivity contribution in [3.05, 3.63) is 89.5 Å². The lowest BCUT2D eigenvalue weighted by Gasteiger charge is -2.33. The highest BCUT2D eigenvalue weighted by Crippen LogP contribution is 2.34. The second-order valence-electron chi connectivity index (χ2n) is 10.7. The van der Waals surface area contributed by atoms with Crippen molar-refractivity contribution in [1.29, 1.82) is 0 Å². The zero-order chi connectivity index (χ0) is 29.6. The van der Waals surface area contributed by atoms with Gasteiger partial charge >= 0.3 is 0 Å². The van der Waals surface area contributed by atoms with Crippen LogP contribution in [0.3, 0.4) is 0 Å². The first-order chi connectivity index (χ1) is 19.6. The number of nitrogens with zero attached hydrogens (tertiary/aromatic N) is 2. The first-order valence-corrected chi connectivity index (χ1v) is 15.4. The molecule has 1 saturated carbocycles. The number of anilines is 1. The summed E-state index contributed by atoms with van der Waals surface area (Å²) in [6.45, 7) is 5.06. The third-order valence-corrected chi connectivity index (χ3v) is 9.33. The van der Waals surface area contributed by atoms with Crippen LogP contribution in [-0.2, 0) is 26.2 Å². The fourth-order valence-electron chi connectivity index (χ4n) is 5.10. The summed E-state index contributed by atoms with van der Waals surface area (Å²) in [6.07, 6.45) is 3.97. The Kier molecular flexibility index (Phi) is 9.70. The Bertz CT molecular complexity index is 1450. The maximum Gasteiger partial charge on any atom is 0.264 e. The summed E-state index contributed by atoms with van der Waals surface area (Å²) in [5.41, 5.74) is 2.81. The molecule has 9 heteroatoms. The number of carbonyl (C=O) groups is 2. The summed E-state index contributed by atoms with van der Waals surface area (Å²) in [4.78, 5) is 29.0. The van der Waals surface area contributed by atoms with Gasteiger partial charge in [-0.05, 0) is 69.0 Å². The lowest BCUT2D eigenvalue weighted by atomic mass is 10.1. The maximum atomic E-state index is 14.1. The number of methoxy groups -OCH3 is 1. The predicted molar refractivity (Wildman–Crippen MR) is 160 cm³/mol. The minimum Gasteiger partial charge on any atom is -0.495 e. The molecule has 2 amide bonds. The van der Waals surface area contributed by atoms with Crippen LogP contribution < -0.4 is 14.4 Å². The average Bonchev–Trinajstić information content (AvgIpc) is 3.48. The quantitative estimate of drug-likeness (QED) is 0.347. The molecule has 41 heavy (non-hydrogen) atoms. The van der Waals surface area contributed by atoms with Crippen LogP contribution >= 0.6 is 0 Å². The summed E-state index contributed by atoms with van der Waals surface area (Å²) in [5, 5.41) is 3.09. The minimum atomic E-state index is -4.18. The van der Waals surface area contributed by atoms with E-state index in [1.807, 2.05) is 50.2 Å². The number of sulfonamides is 1. The molecule has 1 aliphatic carbocycles. The summed E-state index contributed by atoms with van der Waals surface area (Å²) in [6, 6.07) is 20.4. The molecular weight excluding hydrogens is 538 g/mol. The molecule has 0 spiro atoms. The number of rotatable bonds is 11. The monoisotopic (exact) mass is 577 g/mol. The van der Waals surface area contributed by atoms with Gasteiger partial charge in [-0.25, -0.2) is 8.42 Å². The SMILES string of the molecule is COc1ccc(C)cc1N(CC(=O)N(Cc1ccccc1)[C@@H](C)C(=O)NC1CCCC1)S(=O)(=O)c1ccc(C)cc1. The van der Waals surface area contributed by atoms with Crippen LogP contribution in [0.25, 0.3) is 0 Å². The number of ether oxygens (including phenoxy) is 1. The van der Waals surface area contributed by atoms with Crippen molar-refractivity contribution in [2.45, 2.75) is 70.0 Å². The van der Waals surface area contributed by atoms with Gasteiger partial charge < -0.3 is 15.0 Å². The molecule has 0 bridgehead atoms. The van der Waals surface area contributed by atoms with Crippen molar-refractivity contribution in [2.75, 3.05) is 18.0 Å². The van der Waals surface area contributed by atoms with Gasteiger partial charge in [0.25, 0.3) is 10.0 Å². The lowest BCUT2D eigenvalue weighted by molar-refractivity contribution is -0.139. The molecule has 0 unspecified atom stereocenters. The van der Waals surface area contributed by atoms with Gasteiger partial charge in [-0.3, -0.25) is 13.9 Å². The normalized spacial score (nSPS) is 14.3. The van der Waals surface area contributed by atoms with E-state index in [1.54, 1.807) is 31.2 Å². The van der Waals surface area contributed by atoms with Crippen LogP contribution in [0.15, 0.2) is 77.7 Å². The number of benzene rings is 3. The molecule has 0 saturated heterocycles. The van der Waals surface area contributed by atoms with E-state index in [0.29, 0.717) is 5.75 Å². The maximum absolute atomic E-state index is 14.1. The van der Waals surface area contributed by atoms with Crippen LogP contribution in [0.1, 0.15) is 49.3 Å². The smallest absolute Gasteiger partial charge is 0.264 e. The molecule has 1 aliphatic rings. The third kappa shape index (κ3) is 7.27. The number of aryl methyl sites for hydroxylation is 2. The van der Waals surface area contributed by atoms with Crippen LogP contribution in [0.5, 0.6) is 5.75 Å². The molecule has 1 N–H and O–H groups in total. The molecule has 1 fully saturated rings. The minimum absolute atomic E-state index is 0.0566. The Morgan fingerprint density at radius 3 is 2.22 bits per heavy atom. The Morgan fingerprint density at radius 1 is 0.951 bits per heavy atom. The molecule has 8 nitrogen and oxygen atoms in total. The first-order valence-electron chi connectivity index (χ1n) is 14.0. The van der Waals surface area contributed by atoms with E-state index >= 15 is 0 Å². The van der Waals surface area contributed by atoms with Crippen LogP contribution in [0, 0.1) is 13.8 Å². The summed E-state index contributed by atoms with van der Waals surface area (Å²) >= 11 is 0. The van der Waals surface area contributed by atoms with Crippen molar-refractivity contribution in [3.63, 3.8) is 0 Å². The molecule has 4 rings (SSSR count).